The Labute approximate surface area is 230 Å². The van der Waals surface area contributed by atoms with Gasteiger partial charge in [0, 0.05) is 19.5 Å². The Kier molecular flexibility index (Phi) is 34.4. The average Bonchev–Trinajstić information content (AvgIpc) is 2.88. The van der Waals surface area contributed by atoms with Gasteiger partial charge >= 0.3 is 0 Å². The molecule has 2 N–H and O–H groups in total. The van der Waals surface area contributed by atoms with Crippen molar-refractivity contribution in [1.29, 1.82) is 0 Å². The fraction of sp³-hybridized carbons (Fsp3) is 0.926. The molecule has 0 saturated carbocycles. The molecule has 228 valence electrons. The molecule has 0 heterocycles. The minimum absolute atomic E-state index is 0.0591. The summed E-state index contributed by atoms with van der Waals surface area (Å²) in [5.74, 6) is 1.30. The monoisotopic (exact) mass is 552 g/mol. The fourth-order valence-corrected chi connectivity index (χ4v) is 2.32. The van der Waals surface area contributed by atoms with Crippen LogP contribution in [0.3, 0.4) is 0 Å². The van der Waals surface area contributed by atoms with Crippen LogP contribution in [0.4, 0.5) is 0 Å². The predicted octanol–water partition coefficient (Wildman–Crippen LogP) is 2.06. The molecule has 0 rings (SSSR count). The third kappa shape index (κ3) is 39.2. The number of amides is 2. The molecule has 0 saturated heterocycles. The molecule has 2 amide bonds. The van der Waals surface area contributed by atoms with Crippen LogP contribution in [0.2, 0.25) is 0 Å². The Morgan fingerprint density at radius 3 is 1.18 bits per heavy atom. The number of hydrogen-bond acceptors (Lipinski definition) is 9. The second-order valence-corrected chi connectivity index (χ2v) is 9.11. The highest BCUT2D eigenvalue weighted by Crippen LogP contribution is 1.97. The molecule has 0 aliphatic rings. The van der Waals surface area contributed by atoms with Crippen molar-refractivity contribution in [2.24, 2.45) is 11.8 Å². The Bertz CT molecular complexity index is 483. The van der Waals surface area contributed by atoms with Crippen LogP contribution >= 0.6 is 0 Å². The van der Waals surface area contributed by atoms with Crippen LogP contribution in [0.5, 0.6) is 0 Å². The van der Waals surface area contributed by atoms with E-state index >= 15 is 0 Å². The van der Waals surface area contributed by atoms with E-state index in [0.717, 1.165) is 5.92 Å². The summed E-state index contributed by atoms with van der Waals surface area (Å²) in [5, 5.41) is 5.33. The van der Waals surface area contributed by atoms with Crippen LogP contribution in [0.25, 0.3) is 0 Å². The number of carbonyl (C=O) groups excluding carboxylic acids is 2. The van der Waals surface area contributed by atoms with Crippen LogP contribution < -0.4 is 10.6 Å². The normalized spacial score (nSPS) is 10.9. The third-order valence-electron chi connectivity index (χ3n) is 4.68. The van der Waals surface area contributed by atoms with E-state index in [1.54, 1.807) is 0 Å². The Balaban J connectivity index is 0. The summed E-state index contributed by atoms with van der Waals surface area (Å²) in [6, 6.07) is 0. The van der Waals surface area contributed by atoms with Gasteiger partial charge in [-0.3, -0.25) is 9.59 Å². The first-order valence-electron chi connectivity index (χ1n) is 13.9. The summed E-state index contributed by atoms with van der Waals surface area (Å²) >= 11 is 0. The number of ether oxygens (including phenoxy) is 7. The summed E-state index contributed by atoms with van der Waals surface area (Å²) in [4.78, 5) is 21.5. The van der Waals surface area contributed by atoms with Gasteiger partial charge in [0.2, 0.25) is 12.3 Å². The van der Waals surface area contributed by atoms with Crippen LogP contribution in [-0.4, -0.2) is 118 Å². The summed E-state index contributed by atoms with van der Waals surface area (Å²) in [6.45, 7) is 18.6. The lowest BCUT2D eigenvalue weighted by Crippen LogP contribution is -2.28. The van der Waals surface area contributed by atoms with Gasteiger partial charge in [-0.15, -0.1) is 0 Å². The van der Waals surface area contributed by atoms with E-state index in [2.05, 4.69) is 31.4 Å². The van der Waals surface area contributed by atoms with Gasteiger partial charge in [0.15, 0.2) is 0 Å². The van der Waals surface area contributed by atoms with Gasteiger partial charge in [-0.05, 0) is 11.8 Å². The average molecular weight is 553 g/mol. The van der Waals surface area contributed by atoms with Crippen molar-refractivity contribution in [3.63, 3.8) is 0 Å². The van der Waals surface area contributed by atoms with Gasteiger partial charge in [0.25, 0.3) is 0 Å². The highest BCUT2D eigenvalue weighted by Gasteiger charge is 2.03. The van der Waals surface area contributed by atoms with Crippen molar-refractivity contribution in [1.82, 2.24) is 10.6 Å². The van der Waals surface area contributed by atoms with Crippen LogP contribution in [-0.2, 0) is 42.7 Å². The first-order valence-corrected chi connectivity index (χ1v) is 13.9. The Morgan fingerprint density at radius 1 is 0.579 bits per heavy atom. The fourth-order valence-electron chi connectivity index (χ4n) is 2.32. The topological polar surface area (TPSA) is 123 Å². The summed E-state index contributed by atoms with van der Waals surface area (Å²) in [5.41, 5.74) is 0. The molecule has 0 unspecified atom stereocenters. The van der Waals surface area contributed by atoms with Crippen molar-refractivity contribution >= 4 is 12.3 Å². The van der Waals surface area contributed by atoms with Crippen molar-refractivity contribution in [3.05, 3.63) is 0 Å². The molecule has 11 heteroatoms. The van der Waals surface area contributed by atoms with Crippen molar-refractivity contribution in [3.8, 4) is 0 Å². The molecule has 0 aliphatic carbocycles. The number of carbonyl (C=O) groups is 2. The number of nitrogens with one attached hydrogen (secondary N) is 2. The molecule has 0 atom stereocenters. The first-order chi connectivity index (χ1) is 18.4. The van der Waals surface area contributed by atoms with Gasteiger partial charge < -0.3 is 43.8 Å². The molecule has 0 aromatic heterocycles. The molecule has 0 aliphatic heterocycles. The first kappa shape index (κ1) is 38.8. The zero-order chi connectivity index (χ0) is 28.5. The van der Waals surface area contributed by atoms with Gasteiger partial charge in [0.1, 0.15) is 0 Å². The van der Waals surface area contributed by atoms with E-state index in [1.165, 1.54) is 6.42 Å². The Morgan fingerprint density at radius 2 is 0.895 bits per heavy atom. The lowest BCUT2D eigenvalue weighted by atomic mass is 10.1. The van der Waals surface area contributed by atoms with E-state index in [4.69, 9.17) is 33.2 Å². The molecule has 0 radical (unpaired) electrons. The van der Waals surface area contributed by atoms with E-state index < -0.39 is 0 Å². The predicted molar refractivity (Wildman–Crippen MR) is 147 cm³/mol. The maximum atomic E-state index is 11.4. The summed E-state index contributed by atoms with van der Waals surface area (Å²) in [7, 11) is 0. The Hall–Kier alpha value is -1.34. The summed E-state index contributed by atoms with van der Waals surface area (Å²) in [6.07, 6.45) is 2.49. The highest BCUT2D eigenvalue weighted by molar-refractivity contribution is 5.75. The lowest BCUT2D eigenvalue weighted by Gasteiger charge is -2.09. The molecule has 0 aromatic carbocycles. The maximum absolute atomic E-state index is 11.4. The molecule has 0 bridgehead atoms. The second-order valence-electron chi connectivity index (χ2n) is 9.11. The zero-order valence-electron chi connectivity index (χ0n) is 24.6. The smallest absolute Gasteiger partial charge is 0.220 e. The second kappa shape index (κ2) is 33.7. The minimum atomic E-state index is 0.0591. The molecule has 11 nitrogen and oxygen atoms in total. The largest absolute Gasteiger partial charge is 0.377 e. The molecule has 38 heavy (non-hydrogen) atoms. The van der Waals surface area contributed by atoms with Crippen molar-refractivity contribution < 1.29 is 42.7 Å². The SMILES string of the molecule is CC(C)CC(=O)NCCOCCOCCOCCOCCOCCOCCOCCNC=O.CCC(C)C. The third-order valence-corrected chi connectivity index (χ3v) is 4.68. The van der Waals surface area contributed by atoms with E-state index in [9.17, 15) is 9.59 Å². The summed E-state index contributed by atoms with van der Waals surface area (Å²) < 4.78 is 37.6. The zero-order valence-corrected chi connectivity index (χ0v) is 24.6. The molecule has 0 spiro atoms. The van der Waals surface area contributed by atoms with Crippen LogP contribution in [0.1, 0.15) is 47.5 Å². The number of hydrogen-bond donors (Lipinski definition) is 2. The quantitative estimate of drug-likeness (QED) is 0.111. The van der Waals surface area contributed by atoms with Gasteiger partial charge in [0.05, 0.1) is 92.5 Å². The van der Waals surface area contributed by atoms with Crippen LogP contribution in [0.15, 0.2) is 0 Å². The minimum Gasteiger partial charge on any atom is -0.377 e. The molecular weight excluding hydrogens is 496 g/mol. The standard InChI is InChI=1S/C22H44N2O9.C5H12/c1-21(2)19-22(26)24-4-6-28-8-10-30-12-14-32-16-18-33-17-15-31-13-11-29-9-7-27-5-3-23-20-25;1-4-5(2)3/h20-21H,3-19H2,1-2H3,(H,23,25)(H,24,26);5H,4H2,1-3H3. The van der Waals surface area contributed by atoms with Gasteiger partial charge in [-0.25, -0.2) is 0 Å². The van der Waals surface area contributed by atoms with E-state index in [1.807, 2.05) is 13.8 Å². The van der Waals surface area contributed by atoms with Crippen LogP contribution in [0, 0.1) is 11.8 Å². The molecule has 0 fully saturated rings. The van der Waals surface area contributed by atoms with Gasteiger partial charge in [-0.2, -0.15) is 0 Å². The van der Waals surface area contributed by atoms with Crippen molar-refractivity contribution in [2.45, 2.75) is 47.5 Å². The lowest BCUT2D eigenvalue weighted by molar-refractivity contribution is -0.122. The number of rotatable bonds is 28. The molecule has 0 aromatic rings. The molecular formula is C27H56N2O9. The van der Waals surface area contributed by atoms with E-state index in [0.29, 0.717) is 124 Å². The highest BCUT2D eigenvalue weighted by atomic mass is 16.6. The maximum Gasteiger partial charge on any atom is 0.220 e. The van der Waals surface area contributed by atoms with E-state index in [-0.39, 0.29) is 5.91 Å². The van der Waals surface area contributed by atoms with Gasteiger partial charge in [-0.1, -0.05) is 41.0 Å². The van der Waals surface area contributed by atoms with Crippen molar-refractivity contribution in [2.75, 3.05) is 106 Å².